The van der Waals surface area contributed by atoms with Crippen molar-refractivity contribution in [3.05, 3.63) is 207 Å². The minimum atomic E-state index is -1.18. The molecule has 510 valence electrons. The van der Waals surface area contributed by atoms with Crippen molar-refractivity contribution in [2.45, 2.75) is 25.0 Å². The van der Waals surface area contributed by atoms with Gasteiger partial charge in [0.25, 0.3) is 0 Å². The number of methoxy groups -OCH3 is 2. The van der Waals surface area contributed by atoms with E-state index >= 15 is 0 Å². The first-order valence-corrected chi connectivity index (χ1v) is 28.8. The maximum atomic E-state index is 12.7. The number of phenols is 17. The third-order valence-corrected chi connectivity index (χ3v) is 14.3. The van der Waals surface area contributed by atoms with Gasteiger partial charge in [-0.05, 0) is 125 Å². The second-order valence-electron chi connectivity index (χ2n) is 21.4. The van der Waals surface area contributed by atoms with Gasteiger partial charge in [0.2, 0.25) is 11.2 Å². The van der Waals surface area contributed by atoms with Gasteiger partial charge in [-0.3, -0.25) is 14.4 Å². The number of ketones is 2. The van der Waals surface area contributed by atoms with Crippen molar-refractivity contribution < 1.29 is 130 Å². The van der Waals surface area contributed by atoms with Crippen LogP contribution >= 0.6 is 0 Å². The smallest absolute Gasteiger partial charge is 0.338 e. The Hall–Kier alpha value is -14.0. The van der Waals surface area contributed by atoms with Gasteiger partial charge in [-0.15, -0.1) is 0 Å². The molecule has 1 aromatic heterocycles. The molecule has 0 saturated heterocycles. The van der Waals surface area contributed by atoms with Crippen LogP contribution in [0.2, 0.25) is 0 Å². The third-order valence-electron chi connectivity index (χ3n) is 14.3. The molecular weight excluding hydrogens is 1300 g/mol. The summed E-state index contributed by atoms with van der Waals surface area (Å²) in [6, 6.07) is 32.3. The van der Waals surface area contributed by atoms with Crippen LogP contribution < -0.4 is 19.6 Å². The van der Waals surface area contributed by atoms with Crippen molar-refractivity contribution in [3.8, 4) is 132 Å². The first kappa shape index (κ1) is 70.9. The van der Waals surface area contributed by atoms with E-state index in [2.05, 4.69) is 0 Å². The fourth-order valence-corrected chi connectivity index (χ4v) is 9.44. The zero-order chi connectivity index (χ0) is 72.1. The lowest BCUT2D eigenvalue weighted by molar-refractivity contribution is -0.121. The number of allylic oxidation sites excluding steroid dienone is 2. The SMILES string of the molecule is COc1cc(/C=C/C(=O)CC(=O)/C=C/c2ccc(O)c(OC)c2)ccc1O.O=C(OC1Cc2c(O)cc(O)cc2OC1c1cc(O)c(O)c(O)c1)c1cc(O)c(O)c(O)c1.O=c1c(O)c(-c2ccc(O)c(O)c2)oc2cc(O)cc(O)c12.Oc1ccc(/C=C/c2cc(O)cc(O)c2)cc1. The zero-order valence-electron chi connectivity index (χ0n) is 51.6. The van der Waals surface area contributed by atoms with E-state index in [0.717, 1.165) is 60.2 Å². The van der Waals surface area contributed by atoms with E-state index < -0.39 is 75.4 Å². The summed E-state index contributed by atoms with van der Waals surface area (Å²) in [6.45, 7) is 0. The molecule has 0 radical (unpaired) electrons. The number of ether oxygens (including phenoxy) is 4. The van der Waals surface area contributed by atoms with Gasteiger partial charge in [-0.2, -0.15) is 0 Å². The van der Waals surface area contributed by atoms with Gasteiger partial charge >= 0.3 is 5.97 Å². The maximum absolute atomic E-state index is 12.7. The van der Waals surface area contributed by atoms with Gasteiger partial charge in [0.05, 0.1) is 26.2 Å². The molecule has 0 bridgehead atoms. The molecule has 9 aromatic carbocycles. The highest BCUT2D eigenvalue weighted by Crippen LogP contribution is 2.47. The van der Waals surface area contributed by atoms with E-state index in [4.69, 9.17) is 28.5 Å². The molecule has 11 rings (SSSR count). The average molecular weight is 1360 g/mol. The molecule has 0 aliphatic carbocycles. The molecule has 18 N–H and O–H groups in total. The van der Waals surface area contributed by atoms with Gasteiger partial charge in [0.15, 0.2) is 92.4 Å². The summed E-state index contributed by atoms with van der Waals surface area (Å²) in [6.07, 6.45) is 6.55. The van der Waals surface area contributed by atoms with Crippen LogP contribution in [-0.4, -0.2) is 130 Å². The fourth-order valence-electron chi connectivity index (χ4n) is 9.44. The van der Waals surface area contributed by atoms with E-state index in [1.54, 1.807) is 78.9 Å². The third kappa shape index (κ3) is 17.8. The van der Waals surface area contributed by atoms with Gasteiger partial charge in [-0.1, -0.05) is 48.6 Å². The van der Waals surface area contributed by atoms with Crippen LogP contribution in [0.4, 0.5) is 0 Å². The first-order chi connectivity index (χ1) is 47.0. The minimum Gasteiger partial charge on any atom is -0.508 e. The van der Waals surface area contributed by atoms with Crippen molar-refractivity contribution in [1.82, 2.24) is 0 Å². The lowest BCUT2D eigenvalue weighted by Crippen LogP contribution is -2.34. The van der Waals surface area contributed by atoms with Crippen molar-refractivity contribution in [3.63, 3.8) is 0 Å². The van der Waals surface area contributed by atoms with Crippen molar-refractivity contribution in [1.29, 1.82) is 0 Å². The Bertz CT molecular complexity index is 4720. The summed E-state index contributed by atoms with van der Waals surface area (Å²) >= 11 is 0. The Balaban J connectivity index is 0.000000173. The van der Waals surface area contributed by atoms with Crippen molar-refractivity contribution in [2.24, 2.45) is 0 Å². The van der Waals surface area contributed by atoms with Crippen LogP contribution in [0.1, 0.15) is 56.3 Å². The van der Waals surface area contributed by atoms with Gasteiger partial charge in [0, 0.05) is 53.4 Å². The predicted molar refractivity (Wildman–Crippen MR) is 354 cm³/mol. The Labute approximate surface area is 558 Å². The second kappa shape index (κ2) is 30.8. The van der Waals surface area contributed by atoms with Gasteiger partial charge in [-0.25, -0.2) is 4.79 Å². The number of aromatic hydroxyl groups is 18. The summed E-state index contributed by atoms with van der Waals surface area (Å²) in [7, 11) is 2.87. The molecule has 0 saturated carbocycles. The highest BCUT2D eigenvalue weighted by Gasteiger charge is 2.38. The quantitative estimate of drug-likeness (QED) is 0.0158. The van der Waals surface area contributed by atoms with Gasteiger partial charge in [0.1, 0.15) is 63.1 Å². The van der Waals surface area contributed by atoms with Crippen LogP contribution in [0, 0.1) is 0 Å². The Kier molecular flexibility index (Phi) is 22.1. The number of rotatable bonds is 14. The molecule has 0 fully saturated rings. The number of hydrogen-bond donors (Lipinski definition) is 18. The number of carbonyl (C=O) groups excluding carboxylic acids is 3. The van der Waals surface area contributed by atoms with E-state index in [-0.39, 0.29) is 121 Å². The second-order valence-corrected chi connectivity index (χ2v) is 21.4. The van der Waals surface area contributed by atoms with Crippen LogP contribution in [0.5, 0.6) is 121 Å². The number of benzene rings is 9. The first-order valence-electron chi connectivity index (χ1n) is 28.8. The predicted octanol–water partition coefficient (Wildman–Crippen LogP) is 10.6. The average Bonchev–Trinajstić information content (AvgIpc) is 0.773. The zero-order valence-corrected chi connectivity index (χ0v) is 51.6. The summed E-state index contributed by atoms with van der Waals surface area (Å²) < 4.78 is 26.6. The van der Waals surface area contributed by atoms with Crippen molar-refractivity contribution >= 4 is 52.8 Å². The van der Waals surface area contributed by atoms with Crippen LogP contribution in [0.25, 0.3) is 46.6 Å². The molecule has 1 aliphatic heterocycles. The van der Waals surface area contributed by atoms with Crippen LogP contribution in [0.3, 0.4) is 0 Å². The molecular formula is C72H60O27. The summed E-state index contributed by atoms with van der Waals surface area (Å²) in [5.41, 5.74) is 2.05. The largest absolute Gasteiger partial charge is 0.508 e. The molecule has 0 spiro atoms. The normalized spacial score (nSPS) is 13.0. The Morgan fingerprint density at radius 3 is 1.48 bits per heavy atom. The van der Waals surface area contributed by atoms with E-state index in [1.807, 2.05) is 6.08 Å². The molecule has 2 unspecified atom stereocenters. The van der Waals surface area contributed by atoms with E-state index in [1.165, 1.54) is 56.7 Å². The standard InChI is InChI=1S/C22H18O11.C21H20O6.C15H10O7.C14H12O3/c23-10-5-12(24)11-7-18(33-22(31)9-3-15(27)20(30)16(28)4-9)21(32-17(11)6-10)8-1-13(25)19(29)14(26)2-8;1-26-20-11-14(5-9-18(20)24)3-7-16(22)13-17(23)8-4-15-6-10-19(25)21(12-15)27-2;16-7-4-10(19)12-11(5-7)22-15(14(21)13(12)20)6-1-2-8(17)9(18)3-6;15-12-5-3-10(4-6-12)1-2-11-7-13(16)9-14(17)8-11/h1-6,18,21,23-30H,7H2;3-12,24-25H,13H2,1-2H3;1-5,16-19,21H;1-9,15-17H/b;7-3+,8-4+;;2-1+. The number of phenolic OH excluding ortho intramolecular Hbond substituents is 17. The lowest BCUT2D eigenvalue weighted by Gasteiger charge is -2.34. The molecule has 2 atom stereocenters. The summed E-state index contributed by atoms with van der Waals surface area (Å²) in [5, 5.41) is 173. The highest BCUT2D eigenvalue weighted by molar-refractivity contribution is 6.11. The number of hydrogen-bond acceptors (Lipinski definition) is 27. The van der Waals surface area contributed by atoms with Gasteiger partial charge < -0.3 is 115 Å². The topological polar surface area (TPSA) is 482 Å². The molecule has 27 heteroatoms. The summed E-state index contributed by atoms with van der Waals surface area (Å²) in [4.78, 5) is 48.7. The highest BCUT2D eigenvalue weighted by atomic mass is 16.6. The maximum Gasteiger partial charge on any atom is 0.338 e. The summed E-state index contributed by atoms with van der Waals surface area (Å²) in [5.74, 6) is -8.59. The monoisotopic (exact) mass is 1360 g/mol. The molecule has 99 heavy (non-hydrogen) atoms. The Morgan fingerprint density at radius 1 is 0.444 bits per heavy atom. The number of carbonyl (C=O) groups is 3. The molecule has 10 aromatic rings. The molecule has 0 amide bonds. The molecule has 27 nitrogen and oxygen atoms in total. The minimum absolute atomic E-state index is 0.00662. The molecule has 1 aliphatic rings. The van der Waals surface area contributed by atoms with Crippen molar-refractivity contribution in [2.75, 3.05) is 14.2 Å². The van der Waals surface area contributed by atoms with Crippen LogP contribution in [-0.2, 0) is 20.7 Å². The Morgan fingerprint density at radius 2 is 0.939 bits per heavy atom. The van der Waals surface area contributed by atoms with Crippen LogP contribution in [0.15, 0.2) is 167 Å². The van der Waals surface area contributed by atoms with E-state index in [9.17, 15) is 106 Å². The lowest BCUT2D eigenvalue weighted by atomic mass is 9.93. The fraction of sp³-hybridized carbons (Fsp3) is 0.0833. The van der Waals surface area contributed by atoms with E-state index in [0.29, 0.717) is 28.2 Å². The number of fused-ring (bicyclic) bond motifs is 2. The number of esters is 1. The molecule has 2 heterocycles.